The van der Waals surface area contributed by atoms with E-state index in [0.29, 0.717) is 12.4 Å². The Morgan fingerprint density at radius 3 is 1.88 bits per heavy atom. The summed E-state index contributed by atoms with van der Waals surface area (Å²) >= 11 is 0. The second-order valence-electron chi connectivity index (χ2n) is 9.97. The average molecular weight is 573 g/mol. The van der Waals surface area contributed by atoms with E-state index in [0.717, 1.165) is 50.4 Å². The molecule has 0 atom stereocenters. The maximum Gasteiger partial charge on any atom is 0.223 e. The maximum atomic E-state index is 12.3. The van der Waals surface area contributed by atoms with Gasteiger partial charge >= 0.3 is 0 Å². The van der Waals surface area contributed by atoms with Crippen LogP contribution in [0.25, 0.3) is 33.4 Å². The summed E-state index contributed by atoms with van der Waals surface area (Å²) in [6, 6.07) is 24.4. The van der Waals surface area contributed by atoms with Crippen LogP contribution in [0.2, 0.25) is 0 Å². The van der Waals surface area contributed by atoms with Crippen molar-refractivity contribution >= 4 is 22.1 Å². The van der Waals surface area contributed by atoms with Gasteiger partial charge in [0.1, 0.15) is 17.6 Å². The number of hydrogen-bond donors (Lipinski definition) is 3. The fourth-order valence-electron chi connectivity index (χ4n) is 4.89. The van der Waals surface area contributed by atoms with Crippen LogP contribution in [0, 0.1) is 13.8 Å². The summed E-state index contributed by atoms with van der Waals surface area (Å²) in [5.74, 6) is 0.0510. The van der Waals surface area contributed by atoms with E-state index in [1.54, 1.807) is 29.5 Å². The Hall–Kier alpha value is -5.90. The van der Waals surface area contributed by atoms with Gasteiger partial charge in [-0.15, -0.1) is 0 Å². The molecule has 0 spiro atoms. The van der Waals surface area contributed by atoms with E-state index >= 15 is 0 Å². The van der Waals surface area contributed by atoms with Crippen molar-refractivity contribution in [1.29, 1.82) is 0 Å². The average Bonchev–Trinajstić information content (AvgIpc) is 3.70. The molecule has 0 saturated carbocycles. The molecule has 0 radical (unpaired) electrons. The Morgan fingerprint density at radius 1 is 0.721 bits per heavy atom. The van der Waals surface area contributed by atoms with Crippen LogP contribution in [0.5, 0.6) is 11.5 Å². The number of benzene rings is 3. The van der Waals surface area contributed by atoms with Gasteiger partial charge in [-0.25, -0.2) is 9.97 Å². The summed E-state index contributed by atoms with van der Waals surface area (Å²) in [7, 11) is 0. The fraction of sp³-hybridized carbons (Fsp3) is 0.0909. The molecule has 7 rings (SSSR count). The molecule has 7 aromatic rings. The zero-order chi connectivity index (χ0) is 29.9. The Labute approximate surface area is 245 Å². The summed E-state index contributed by atoms with van der Waals surface area (Å²) in [5.41, 5.74) is 7.31. The molecule has 0 aliphatic rings. The van der Waals surface area contributed by atoms with Crippen LogP contribution in [0.15, 0.2) is 114 Å². The molecule has 3 aromatic carbocycles. The number of rotatable bonds is 5. The number of nitrogens with zero attached hydrogens (tertiary/aromatic N) is 4. The third-order valence-electron chi connectivity index (χ3n) is 7.05. The molecule has 3 N–H and O–H groups in total. The van der Waals surface area contributed by atoms with Crippen LogP contribution in [-0.4, -0.2) is 34.2 Å². The van der Waals surface area contributed by atoms with Gasteiger partial charge in [-0.1, -0.05) is 42.5 Å². The smallest absolute Gasteiger partial charge is 0.223 e. The Balaban J connectivity index is 0.000000162. The summed E-state index contributed by atoms with van der Waals surface area (Å²) in [6.45, 7) is 4.06. The number of H-pyrrole nitrogens is 2. The highest BCUT2D eigenvalue weighted by molar-refractivity contribution is 5.84. The molecule has 0 aliphatic heterocycles. The van der Waals surface area contributed by atoms with E-state index in [2.05, 4.69) is 19.9 Å². The van der Waals surface area contributed by atoms with Crippen LogP contribution >= 0.6 is 0 Å². The minimum atomic E-state index is -0.377. The maximum absolute atomic E-state index is 12.3. The first kappa shape index (κ1) is 27.3. The number of nitrogens with one attached hydrogen (secondary N) is 2. The molecule has 0 bridgehead atoms. The van der Waals surface area contributed by atoms with Crippen molar-refractivity contribution in [3.63, 3.8) is 0 Å². The van der Waals surface area contributed by atoms with Crippen LogP contribution in [0.3, 0.4) is 0 Å². The number of para-hydroxylation sites is 2. The summed E-state index contributed by atoms with van der Waals surface area (Å²) in [6.07, 6.45) is 6.44. The van der Waals surface area contributed by atoms with Gasteiger partial charge in [-0.3, -0.25) is 9.59 Å². The van der Waals surface area contributed by atoms with Crippen molar-refractivity contribution in [2.45, 2.75) is 20.5 Å². The molecule has 0 aliphatic carbocycles. The lowest BCUT2D eigenvalue weighted by Gasteiger charge is -2.14. The van der Waals surface area contributed by atoms with Crippen LogP contribution in [0.4, 0.5) is 0 Å². The Morgan fingerprint density at radius 2 is 1.28 bits per heavy atom. The summed E-state index contributed by atoms with van der Waals surface area (Å²) in [4.78, 5) is 38.4. The lowest BCUT2D eigenvalue weighted by molar-refractivity contribution is 0.301. The zero-order valence-corrected chi connectivity index (χ0v) is 23.5. The third kappa shape index (κ3) is 5.53. The van der Waals surface area contributed by atoms with Crippen molar-refractivity contribution < 1.29 is 9.84 Å². The molecule has 4 heterocycles. The number of aryl methyl sites for hydroxylation is 2. The first-order chi connectivity index (χ1) is 20.9. The minimum absolute atomic E-state index is 0.126. The monoisotopic (exact) mass is 572 g/mol. The van der Waals surface area contributed by atoms with E-state index in [1.807, 2.05) is 85.1 Å². The van der Waals surface area contributed by atoms with Crippen molar-refractivity contribution in [3.8, 4) is 22.9 Å². The Bertz CT molecular complexity index is 2180. The molecule has 0 unspecified atom stereocenters. The predicted molar refractivity (Wildman–Crippen MR) is 165 cm³/mol. The van der Waals surface area contributed by atoms with Crippen molar-refractivity contribution in [2.24, 2.45) is 0 Å². The number of imidazole rings is 2. The number of aromatic amines is 2. The van der Waals surface area contributed by atoms with Gasteiger partial charge in [-0.2, -0.15) is 0 Å². The predicted octanol–water partition coefficient (Wildman–Crippen LogP) is 5.33. The molecule has 0 saturated heterocycles. The highest BCUT2D eigenvalue weighted by Crippen LogP contribution is 2.23. The third-order valence-corrected chi connectivity index (χ3v) is 7.05. The second kappa shape index (κ2) is 11.5. The van der Waals surface area contributed by atoms with Crippen LogP contribution in [-0.2, 0) is 6.61 Å². The van der Waals surface area contributed by atoms with Gasteiger partial charge in [0.05, 0.1) is 47.5 Å². The summed E-state index contributed by atoms with van der Waals surface area (Å²) < 4.78 is 9.46. The van der Waals surface area contributed by atoms with Crippen LogP contribution in [0.1, 0.15) is 17.0 Å². The van der Waals surface area contributed by atoms with Crippen molar-refractivity contribution in [3.05, 3.63) is 141 Å². The molecular formula is C33H28N6O4. The van der Waals surface area contributed by atoms with Gasteiger partial charge in [0.15, 0.2) is 11.5 Å². The number of fused-ring (bicyclic) bond motifs is 2. The van der Waals surface area contributed by atoms with E-state index < -0.39 is 0 Å². The molecule has 0 fully saturated rings. The van der Waals surface area contributed by atoms with Crippen molar-refractivity contribution in [2.75, 3.05) is 0 Å². The highest BCUT2D eigenvalue weighted by atomic mass is 16.5. The largest absolute Gasteiger partial charge is 0.503 e. The number of ether oxygens (including phenoxy) is 1. The van der Waals surface area contributed by atoms with Gasteiger partial charge in [0.2, 0.25) is 10.9 Å². The van der Waals surface area contributed by atoms with Gasteiger partial charge in [0.25, 0.3) is 0 Å². The Kier molecular flexibility index (Phi) is 7.32. The molecule has 10 heteroatoms. The second-order valence-corrected chi connectivity index (χ2v) is 9.97. The molecule has 10 nitrogen and oxygen atoms in total. The first-order valence-electron chi connectivity index (χ1n) is 13.6. The standard InChI is InChI=1S/C20H17N3O2.C13H11N3O2/c1-14-10-18(24)19(25-12-15-6-3-2-4-7-15)11-23(14)17-9-5-8-16-20(17)22-13-21-16;1-8-5-11(17)12(18)6-16(8)10-4-2-3-9-13(10)15-7-14-9/h2-11,13H,12H2,1H3,(H,21,22);2-7,18H,1H3,(H,14,15). The van der Waals surface area contributed by atoms with Crippen molar-refractivity contribution in [1.82, 2.24) is 29.1 Å². The lowest BCUT2D eigenvalue weighted by atomic mass is 10.2. The van der Waals surface area contributed by atoms with E-state index in [4.69, 9.17) is 4.74 Å². The number of pyridine rings is 2. The minimum Gasteiger partial charge on any atom is -0.503 e. The topological polar surface area (TPSA) is 131 Å². The van der Waals surface area contributed by atoms with E-state index in [9.17, 15) is 14.7 Å². The van der Waals surface area contributed by atoms with Gasteiger partial charge in [0, 0.05) is 23.5 Å². The highest BCUT2D eigenvalue weighted by Gasteiger charge is 2.11. The summed E-state index contributed by atoms with van der Waals surface area (Å²) in [5, 5.41) is 9.55. The first-order valence-corrected chi connectivity index (χ1v) is 13.6. The van der Waals surface area contributed by atoms with E-state index in [1.165, 1.54) is 12.3 Å². The molecule has 214 valence electrons. The molecule has 0 amide bonds. The SMILES string of the molecule is Cc1cc(=O)c(O)cn1-c1cccc2[nH]cnc12.Cc1cc(=O)c(OCc2ccccc2)cn1-c1cccc2[nH]cnc12. The van der Waals surface area contributed by atoms with Gasteiger partial charge < -0.3 is 28.9 Å². The normalized spacial score (nSPS) is 10.9. The quantitative estimate of drug-likeness (QED) is 0.256. The van der Waals surface area contributed by atoms with Gasteiger partial charge in [-0.05, 0) is 43.7 Å². The zero-order valence-electron chi connectivity index (χ0n) is 23.5. The lowest BCUT2D eigenvalue weighted by Crippen LogP contribution is -2.13. The molecular weight excluding hydrogens is 544 g/mol. The number of hydrogen-bond acceptors (Lipinski definition) is 6. The van der Waals surface area contributed by atoms with Crippen LogP contribution < -0.4 is 15.6 Å². The molecule has 4 aromatic heterocycles. The molecule has 43 heavy (non-hydrogen) atoms. The number of aromatic nitrogens is 6. The van der Waals surface area contributed by atoms with E-state index in [-0.39, 0.29) is 16.6 Å². The number of aromatic hydroxyl groups is 1. The fourth-order valence-corrected chi connectivity index (χ4v) is 4.89.